The van der Waals surface area contributed by atoms with Crippen LogP contribution in [-0.2, 0) is 10.0 Å². The van der Waals surface area contributed by atoms with Gasteiger partial charge in [0.15, 0.2) is 0 Å². The van der Waals surface area contributed by atoms with E-state index in [1.165, 1.54) is 0 Å². The molecule has 0 fully saturated rings. The van der Waals surface area contributed by atoms with Crippen LogP contribution in [0, 0.1) is 0 Å². The summed E-state index contributed by atoms with van der Waals surface area (Å²) in [5.74, 6) is 1.40. The van der Waals surface area contributed by atoms with Crippen LogP contribution in [0.2, 0.25) is 0 Å². The van der Waals surface area contributed by atoms with E-state index >= 15 is 0 Å². The first-order valence-electron chi connectivity index (χ1n) is 6.96. The lowest BCUT2D eigenvalue weighted by Crippen LogP contribution is -2.28. The fourth-order valence-corrected chi connectivity index (χ4v) is 3.28. The Balaban J connectivity index is 1.84. The molecule has 0 aliphatic rings. The number of nitrogens with one attached hydrogen (secondary N) is 1. The van der Waals surface area contributed by atoms with Crippen molar-refractivity contribution in [1.29, 1.82) is 0 Å². The lowest BCUT2D eigenvalue weighted by molar-refractivity contribution is 0.322. The summed E-state index contributed by atoms with van der Waals surface area (Å²) in [4.78, 5) is 1.27. The Morgan fingerprint density at radius 3 is 2.17 bits per heavy atom. The van der Waals surface area contributed by atoms with Gasteiger partial charge in [-0.1, -0.05) is 0 Å². The molecule has 2 aromatic rings. The summed E-state index contributed by atoms with van der Waals surface area (Å²) in [6.45, 7) is 0.438. The Bertz CT molecular complexity index is 713. The highest BCUT2D eigenvalue weighted by atomic mass is 32.2. The standard InChI is InChI=1S/C16H19NO4S2/c1-20-13-3-5-14(6-4-13)21-12-11-17-23(18,19)16-9-7-15(22-2)8-10-16/h3-10,17H,11-12H2,1-2H3. The van der Waals surface area contributed by atoms with Gasteiger partial charge in [-0.2, -0.15) is 0 Å². The fourth-order valence-electron chi connectivity index (χ4n) is 1.86. The van der Waals surface area contributed by atoms with Gasteiger partial charge < -0.3 is 9.47 Å². The first-order valence-corrected chi connectivity index (χ1v) is 9.66. The van der Waals surface area contributed by atoms with Gasteiger partial charge in [0.1, 0.15) is 18.1 Å². The van der Waals surface area contributed by atoms with E-state index in [2.05, 4.69) is 4.72 Å². The maximum absolute atomic E-state index is 12.1. The molecule has 0 aliphatic heterocycles. The number of sulfonamides is 1. The van der Waals surface area contributed by atoms with Crippen molar-refractivity contribution < 1.29 is 17.9 Å². The van der Waals surface area contributed by atoms with E-state index in [4.69, 9.17) is 9.47 Å². The SMILES string of the molecule is COc1ccc(OCCNS(=O)(=O)c2ccc(SC)cc2)cc1. The minimum absolute atomic E-state index is 0.193. The average molecular weight is 353 g/mol. The normalized spacial score (nSPS) is 11.2. The first-order chi connectivity index (χ1) is 11.0. The summed E-state index contributed by atoms with van der Waals surface area (Å²) < 4.78 is 37.3. The van der Waals surface area contributed by atoms with E-state index in [0.29, 0.717) is 5.75 Å². The van der Waals surface area contributed by atoms with Crippen LogP contribution < -0.4 is 14.2 Å². The third-order valence-corrected chi connectivity index (χ3v) is 5.31. The van der Waals surface area contributed by atoms with Gasteiger partial charge in [-0.05, 0) is 54.8 Å². The zero-order valence-corrected chi connectivity index (χ0v) is 14.6. The minimum Gasteiger partial charge on any atom is -0.497 e. The van der Waals surface area contributed by atoms with Crippen LogP contribution in [0.25, 0.3) is 0 Å². The maximum atomic E-state index is 12.1. The number of hydrogen-bond donors (Lipinski definition) is 1. The van der Waals surface area contributed by atoms with Crippen molar-refractivity contribution in [3.05, 3.63) is 48.5 Å². The lowest BCUT2D eigenvalue weighted by Gasteiger charge is -2.09. The van der Waals surface area contributed by atoms with Gasteiger partial charge in [-0.25, -0.2) is 13.1 Å². The first kappa shape index (κ1) is 17.7. The second kappa shape index (κ2) is 8.24. The summed E-state index contributed by atoms with van der Waals surface area (Å²) in [6, 6.07) is 13.9. The van der Waals surface area contributed by atoms with Gasteiger partial charge in [-0.15, -0.1) is 11.8 Å². The van der Waals surface area contributed by atoms with Crippen molar-refractivity contribution in [3.63, 3.8) is 0 Å². The summed E-state index contributed by atoms with van der Waals surface area (Å²) in [5.41, 5.74) is 0. The largest absolute Gasteiger partial charge is 0.497 e. The molecule has 2 aromatic carbocycles. The summed E-state index contributed by atoms with van der Waals surface area (Å²) >= 11 is 1.57. The molecule has 0 spiro atoms. The molecule has 0 aromatic heterocycles. The molecule has 7 heteroatoms. The summed E-state index contributed by atoms with van der Waals surface area (Å²) in [6.07, 6.45) is 1.94. The Labute approximate surface area is 141 Å². The summed E-state index contributed by atoms with van der Waals surface area (Å²) in [5, 5.41) is 0. The van der Waals surface area contributed by atoms with Gasteiger partial charge >= 0.3 is 0 Å². The molecule has 0 unspecified atom stereocenters. The molecule has 124 valence electrons. The van der Waals surface area contributed by atoms with Crippen LogP contribution in [0.5, 0.6) is 11.5 Å². The van der Waals surface area contributed by atoms with Gasteiger partial charge in [0.25, 0.3) is 0 Å². The van der Waals surface area contributed by atoms with Gasteiger partial charge in [0.05, 0.1) is 12.0 Å². The van der Waals surface area contributed by atoms with Crippen molar-refractivity contribution in [1.82, 2.24) is 4.72 Å². The topological polar surface area (TPSA) is 64.6 Å². The van der Waals surface area contributed by atoms with Gasteiger partial charge in [0.2, 0.25) is 10.0 Å². The van der Waals surface area contributed by atoms with Crippen LogP contribution >= 0.6 is 11.8 Å². The summed E-state index contributed by atoms with van der Waals surface area (Å²) in [7, 11) is -1.92. The van der Waals surface area contributed by atoms with Crippen molar-refractivity contribution >= 4 is 21.8 Å². The zero-order chi connectivity index (χ0) is 16.7. The Hall–Kier alpha value is -1.70. The maximum Gasteiger partial charge on any atom is 0.240 e. The van der Waals surface area contributed by atoms with E-state index < -0.39 is 10.0 Å². The molecule has 23 heavy (non-hydrogen) atoms. The molecule has 0 radical (unpaired) electrons. The quantitative estimate of drug-likeness (QED) is 0.584. The Kier molecular flexibility index (Phi) is 6.32. The van der Waals surface area contributed by atoms with Crippen LogP contribution in [0.15, 0.2) is 58.3 Å². The van der Waals surface area contributed by atoms with Gasteiger partial charge in [0, 0.05) is 11.4 Å². The van der Waals surface area contributed by atoms with E-state index in [0.717, 1.165) is 10.6 Å². The number of rotatable bonds is 8. The number of ether oxygens (including phenoxy) is 2. The number of thioether (sulfide) groups is 1. The number of methoxy groups -OCH3 is 1. The number of hydrogen-bond acceptors (Lipinski definition) is 5. The van der Waals surface area contributed by atoms with E-state index in [9.17, 15) is 8.42 Å². The molecule has 0 saturated carbocycles. The molecular formula is C16H19NO4S2. The smallest absolute Gasteiger partial charge is 0.240 e. The third kappa shape index (κ3) is 5.16. The predicted molar refractivity (Wildman–Crippen MR) is 91.9 cm³/mol. The zero-order valence-electron chi connectivity index (χ0n) is 13.0. The van der Waals surface area contributed by atoms with Crippen molar-refractivity contribution in [2.75, 3.05) is 26.5 Å². The van der Waals surface area contributed by atoms with Crippen molar-refractivity contribution in [2.24, 2.45) is 0 Å². The Morgan fingerprint density at radius 2 is 1.61 bits per heavy atom. The average Bonchev–Trinajstić information content (AvgIpc) is 2.59. The van der Waals surface area contributed by atoms with Crippen molar-refractivity contribution in [2.45, 2.75) is 9.79 Å². The fraction of sp³-hybridized carbons (Fsp3) is 0.250. The second-order valence-corrected chi connectivity index (χ2v) is 7.24. The Morgan fingerprint density at radius 1 is 1.00 bits per heavy atom. The highest BCUT2D eigenvalue weighted by Gasteiger charge is 2.13. The molecule has 1 N–H and O–H groups in total. The van der Waals surface area contributed by atoms with Crippen molar-refractivity contribution in [3.8, 4) is 11.5 Å². The molecule has 0 aliphatic carbocycles. The van der Waals surface area contributed by atoms with Crippen LogP contribution in [0.1, 0.15) is 0 Å². The molecule has 0 heterocycles. The molecule has 0 saturated heterocycles. The molecule has 0 bridgehead atoms. The van der Waals surface area contributed by atoms with Crippen LogP contribution in [0.3, 0.4) is 0 Å². The van der Waals surface area contributed by atoms with E-state index in [1.807, 2.05) is 6.26 Å². The highest BCUT2D eigenvalue weighted by molar-refractivity contribution is 7.98. The predicted octanol–water partition coefficient (Wildman–Crippen LogP) is 2.77. The number of benzene rings is 2. The molecule has 5 nitrogen and oxygen atoms in total. The van der Waals surface area contributed by atoms with Crippen LogP contribution in [-0.4, -0.2) is 34.9 Å². The molecule has 0 amide bonds. The van der Waals surface area contributed by atoms with E-state index in [1.54, 1.807) is 67.4 Å². The van der Waals surface area contributed by atoms with Gasteiger partial charge in [-0.3, -0.25) is 0 Å². The molecule has 0 atom stereocenters. The van der Waals surface area contributed by atoms with E-state index in [-0.39, 0.29) is 18.0 Å². The second-order valence-electron chi connectivity index (χ2n) is 4.60. The van der Waals surface area contributed by atoms with Crippen LogP contribution in [0.4, 0.5) is 0 Å². The highest BCUT2D eigenvalue weighted by Crippen LogP contribution is 2.18. The molecular weight excluding hydrogens is 334 g/mol. The third-order valence-electron chi connectivity index (χ3n) is 3.09. The minimum atomic E-state index is -3.51. The molecule has 2 rings (SSSR count). The lowest BCUT2D eigenvalue weighted by atomic mass is 10.3. The monoisotopic (exact) mass is 353 g/mol.